The predicted octanol–water partition coefficient (Wildman–Crippen LogP) is 3.62. The van der Waals surface area contributed by atoms with Crippen LogP contribution in [0.5, 0.6) is 5.75 Å². The van der Waals surface area contributed by atoms with Crippen LogP contribution >= 0.6 is 0 Å². The number of fused-ring (bicyclic) bond motifs is 2. The number of ether oxygens (including phenoxy) is 1. The zero-order valence-electron chi connectivity index (χ0n) is 42.6. The van der Waals surface area contributed by atoms with Crippen LogP contribution in [-0.4, -0.2) is 124 Å². The number of nitrogens with zero attached hydrogens (tertiary/aromatic N) is 2. The van der Waals surface area contributed by atoms with Crippen molar-refractivity contribution < 1.29 is 43.4 Å². The molecule has 2 saturated heterocycles. The van der Waals surface area contributed by atoms with Crippen LogP contribution in [0.3, 0.4) is 0 Å². The second-order valence-electron chi connectivity index (χ2n) is 19.4. The maximum Gasteiger partial charge on any atom is 0.407 e. The molecule has 402 valence electrons. The maximum absolute atomic E-state index is 15.4. The summed E-state index contributed by atoms with van der Waals surface area (Å²) in [5.74, 6) is -3.86. The van der Waals surface area contributed by atoms with Gasteiger partial charge in [-0.1, -0.05) is 121 Å². The number of para-hydroxylation sites is 1. The van der Waals surface area contributed by atoms with Gasteiger partial charge in [0.25, 0.3) is 0 Å². The third kappa shape index (κ3) is 14.2. The summed E-state index contributed by atoms with van der Waals surface area (Å²) < 4.78 is 6.03. The summed E-state index contributed by atoms with van der Waals surface area (Å²) in [6.07, 6.45) is 1.08. The number of rotatable bonds is 17. The van der Waals surface area contributed by atoms with Crippen molar-refractivity contribution in [3.8, 4) is 5.75 Å². The van der Waals surface area contributed by atoms with Crippen LogP contribution in [0.15, 0.2) is 146 Å². The van der Waals surface area contributed by atoms with Crippen LogP contribution in [-0.2, 0) is 54.6 Å². The molecule has 19 heteroatoms. The quantitative estimate of drug-likeness (QED) is 0.0595. The molecule has 7 atom stereocenters. The smallest absolute Gasteiger partial charge is 0.407 e. The van der Waals surface area contributed by atoms with Gasteiger partial charge in [-0.3, -0.25) is 28.8 Å². The average Bonchev–Trinajstić information content (AvgIpc) is 4.08. The summed E-state index contributed by atoms with van der Waals surface area (Å²) in [4.78, 5) is 108. The molecular weight excluding hydrogens is 981 g/mol. The minimum atomic E-state index is -1.44. The first-order valence-corrected chi connectivity index (χ1v) is 26.0. The first-order valence-electron chi connectivity index (χ1n) is 26.0. The molecule has 2 aliphatic heterocycles. The van der Waals surface area contributed by atoms with E-state index in [-0.39, 0.29) is 51.7 Å². The van der Waals surface area contributed by atoms with Gasteiger partial charge in [-0.05, 0) is 78.2 Å². The molecule has 0 unspecified atom stereocenters. The fourth-order valence-corrected chi connectivity index (χ4v) is 10.0. The van der Waals surface area contributed by atoms with Gasteiger partial charge < -0.3 is 62.7 Å². The fourth-order valence-electron chi connectivity index (χ4n) is 10.0. The van der Waals surface area contributed by atoms with Gasteiger partial charge in [0.05, 0.1) is 6.04 Å². The van der Waals surface area contributed by atoms with Crippen molar-refractivity contribution in [3.63, 3.8) is 0 Å². The number of aromatic amines is 1. The third-order valence-electron chi connectivity index (χ3n) is 14.1. The highest BCUT2D eigenvalue weighted by Crippen LogP contribution is 2.27. The van der Waals surface area contributed by atoms with E-state index in [2.05, 4.69) is 31.6 Å². The number of hydrogen-bond acceptors (Lipinski definition) is 10. The van der Waals surface area contributed by atoms with Crippen LogP contribution in [0.2, 0.25) is 0 Å². The molecule has 7 amide bonds. The Hall–Kier alpha value is -8.55. The van der Waals surface area contributed by atoms with E-state index in [9.17, 15) is 24.3 Å². The van der Waals surface area contributed by atoms with E-state index >= 15 is 14.4 Å². The molecule has 0 saturated carbocycles. The average molecular weight is 1050 g/mol. The lowest BCUT2D eigenvalue weighted by Gasteiger charge is -2.32. The molecular formula is C58H66N10O9. The lowest BCUT2D eigenvalue weighted by Crippen LogP contribution is -2.61. The maximum atomic E-state index is 15.4. The van der Waals surface area contributed by atoms with Crippen LogP contribution in [0.4, 0.5) is 4.79 Å². The second-order valence-corrected chi connectivity index (χ2v) is 19.4. The SMILES string of the molecule is NCCCC[C@@H]1NC(=O)[C@@H](Cc2c[nH]c3ccccc23)NC(=O)[C@H](c2ccccc2)NC(=O)[C@@H]2C[C@@H](N(CCN)C(=O)O)CN2C(=O)[C@H](Cc2ccccc2)NC(=O)[C@H](Cc2ccc(OCc3ccccc3)cc2)NC1=O. The van der Waals surface area contributed by atoms with Crippen molar-refractivity contribution in [2.75, 3.05) is 26.2 Å². The largest absolute Gasteiger partial charge is 0.489 e. The number of nitrogens with one attached hydrogen (secondary N) is 6. The van der Waals surface area contributed by atoms with Crippen molar-refractivity contribution >= 4 is 52.4 Å². The summed E-state index contributed by atoms with van der Waals surface area (Å²) >= 11 is 0. The molecule has 2 fully saturated rings. The van der Waals surface area contributed by atoms with E-state index in [0.717, 1.165) is 21.4 Å². The predicted molar refractivity (Wildman–Crippen MR) is 289 cm³/mol. The Morgan fingerprint density at radius 3 is 1.84 bits per heavy atom. The third-order valence-corrected chi connectivity index (χ3v) is 14.1. The molecule has 11 N–H and O–H groups in total. The number of unbranched alkanes of at least 4 members (excludes halogenated alkanes) is 1. The topological polar surface area (TPSA) is 283 Å². The van der Waals surface area contributed by atoms with E-state index in [1.807, 2.05) is 54.6 Å². The number of H-pyrrole nitrogens is 1. The highest BCUT2D eigenvalue weighted by molar-refractivity contribution is 5.99. The molecule has 77 heavy (non-hydrogen) atoms. The van der Waals surface area contributed by atoms with Crippen molar-refractivity contribution in [1.82, 2.24) is 41.4 Å². The Morgan fingerprint density at radius 2 is 1.17 bits per heavy atom. The number of aromatic nitrogens is 1. The number of amides is 7. The van der Waals surface area contributed by atoms with Crippen molar-refractivity contribution in [2.45, 2.75) is 93.8 Å². The monoisotopic (exact) mass is 1050 g/mol. The summed E-state index contributed by atoms with van der Waals surface area (Å²) in [6, 6.07) is 32.4. The van der Waals surface area contributed by atoms with Crippen molar-refractivity contribution in [3.05, 3.63) is 174 Å². The van der Waals surface area contributed by atoms with Gasteiger partial charge in [0.2, 0.25) is 35.4 Å². The van der Waals surface area contributed by atoms with Gasteiger partial charge in [0.1, 0.15) is 48.6 Å². The number of carbonyl (C=O) groups is 7. The lowest BCUT2D eigenvalue weighted by atomic mass is 9.99. The number of nitrogens with two attached hydrogens (primary N) is 2. The summed E-state index contributed by atoms with van der Waals surface area (Å²) in [5.41, 5.74) is 15.8. The normalized spacial score (nSPS) is 21.6. The standard InChI is InChI=1S/C58H66N10O9/c59-27-13-12-22-46-52(69)63-47(30-38-23-25-43(26-24-38)77-36-39-16-6-2-7-17-39)53(70)65-49(31-37-14-4-1-5-15-37)57(74)68-35-42(67(29-28-60)58(75)76)33-50(68)55(72)66-51(40-18-8-3-9-19-40)56(73)64-48(54(71)62-46)32-41-34-61-45-21-11-10-20-44(41)45/h1-11,14-21,23-26,34,42,46-51,61H,12-13,22,27-33,35-36,59-60H2,(H,62,71)(H,63,69)(H,64,73)(H,65,70)(H,66,72)(H,75,76)/t42-,46+,47+,48-,49+,50+,51+/m1/s1. The molecule has 3 heterocycles. The van der Waals surface area contributed by atoms with Gasteiger partial charge in [-0.2, -0.15) is 0 Å². The van der Waals surface area contributed by atoms with E-state index < -0.39 is 83.8 Å². The zero-order chi connectivity index (χ0) is 54.3. The van der Waals surface area contributed by atoms with Gasteiger partial charge >= 0.3 is 6.09 Å². The van der Waals surface area contributed by atoms with Crippen LogP contribution < -0.4 is 42.8 Å². The lowest BCUT2D eigenvalue weighted by molar-refractivity contribution is -0.143. The highest BCUT2D eigenvalue weighted by atomic mass is 16.5. The first-order chi connectivity index (χ1) is 37.4. The van der Waals surface area contributed by atoms with E-state index in [0.29, 0.717) is 54.0 Å². The van der Waals surface area contributed by atoms with E-state index in [1.54, 1.807) is 91.1 Å². The van der Waals surface area contributed by atoms with Crippen molar-refractivity contribution in [2.24, 2.45) is 11.5 Å². The van der Waals surface area contributed by atoms with Crippen LogP contribution in [0.1, 0.15) is 59.5 Å². The fraction of sp³-hybridized carbons (Fsp3) is 0.328. The molecule has 0 bridgehead atoms. The second kappa shape index (κ2) is 26.3. The van der Waals surface area contributed by atoms with Crippen LogP contribution in [0.25, 0.3) is 10.9 Å². The molecule has 1 aromatic heterocycles. The van der Waals surface area contributed by atoms with E-state index in [1.165, 1.54) is 4.90 Å². The summed E-state index contributed by atoms with van der Waals surface area (Å²) in [5, 5.41) is 25.7. The number of benzene rings is 5. The molecule has 8 rings (SSSR count). The Morgan fingerprint density at radius 1 is 0.597 bits per heavy atom. The van der Waals surface area contributed by atoms with E-state index in [4.69, 9.17) is 16.2 Å². The highest BCUT2D eigenvalue weighted by Gasteiger charge is 2.46. The Labute approximate surface area is 446 Å². The summed E-state index contributed by atoms with van der Waals surface area (Å²) in [6.45, 7) is 0.208. The Balaban J connectivity index is 1.21. The van der Waals surface area contributed by atoms with Crippen molar-refractivity contribution in [1.29, 1.82) is 0 Å². The molecule has 0 radical (unpaired) electrons. The molecule has 19 nitrogen and oxygen atoms in total. The molecule has 0 spiro atoms. The number of carboxylic acid groups (broad SMARTS) is 1. The minimum Gasteiger partial charge on any atom is -0.489 e. The number of hydrogen-bond donors (Lipinski definition) is 9. The zero-order valence-corrected chi connectivity index (χ0v) is 42.6. The Bertz CT molecular complexity index is 2980. The van der Waals surface area contributed by atoms with Gasteiger partial charge in [0, 0.05) is 56.0 Å². The summed E-state index contributed by atoms with van der Waals surface area (Å²) in [7, 11) is 0. The van der Waals surface area contributed by atoms with Gasteiger partial charge in [-0.25, -0.2) is 4.79 Å². The minimum absolute atomic E-state index is 0.0474. The van der Waals surface area contributed by atoms with Gasteiger partial charge in [-0.15, -0.1) is 0 Å². The van der Waals surface area contributed by atoms with Crippen LogP contribution in [0, 0.1) is 0 Å². The number of carbonyl (C=O) groups excluding carboxylic acids is 6. The molecule has 0 aliphatic carbocycles. The van der Waals surface area contributed by atoms with Gasteiger partial charge in [0.15, 0.2) is 0 Å². The molecule has 2 aliphatic rings. The molecule has 6 aromatic rings. The first kappa shape index (κ1) is 54.7. The Kier molecular flexibility index (Phi) is 18.7. The molecule has 5 aromatic carbocycles.